The van der Waals surface area contributed by atoms with Gasteiger partial charge >= 0.3 is 0 Å². The summed E-state index contributed by atoms with van der Waals surface area (Å²) in [5.74, 6) is 0.702. The number of hydrogen-bond acceptors (Lipinski definition) is 4. The van der Waals surface area contributed by atoms with Crippen LogP contribution in [0.3, 0.4) is 0 Å². The first-order chi connectivity index (χ1) is 12.5. The minimum atomic E-state index is 0.252. The van der Waals surface area contributed by atoms with Crippen LogP contribution in [-0.4, -0.2) is 79.6 Å². The number of guanidine groups is 1. The third-order valence-corrected chi connectivity index (χ3v) is 7.31. The lowest BCUT2D eigenvalue weighted by Crippen LogP contribution is -2.51. The molecule has 5 nitrogen and oxygen atoms in total. The number of rotatable bonds is 4. The number of piperidine rings is 1. The summed E-state index contributed by atoms with van der Waals surface area (Å²) < 4.78 is 0.252. The van der Waals surface area contributed by atoms with Crippen LogP contribution in [0.4, 0.5) is 5.69 Å². The predicted octanol–water partition coefficient (Wildman–Crippen LogP) is 2.60. The topological polar surface area (TPSA) is 48.1 Å². The van der Waals surface area contributed by atoms with Gasteiger partial charge in [0.2, 0.25) is 0 Å². The van der Waals surface area contributed by atoms with Crippen molar-refractivity contribution in [3.63, 3.8) is 0 Å². The molecule has 0 amide bonds. The van der Waals surface area contributed by atoms with Gasteiger partial charge in [-0.3, -0.25) is 4.99 Å². The lowest BCUT2D eigenvalue weighted by atomic mass is 9.96. The second-order valence-corrected chi connectivity index (χ2v) is 9.03. The number of likely N-dealkylation sites (tertiary alicyclic amines) is 1. The first-order valence-corrected chi connectivity index (χ1v) is 10.9. The highest BCUT2D eigenvalue weighted by molar-refractivity contribution is 8.00. The lowest BCUT2D eigenvalue weighted by molar-refractivity contribution is 0.242. The molecule has 1 aromatic carbocycles. The zero-order valence-electron chi connectivity index (χ0n) is 15.8. The highest BCUT2D eigenvalue weighted by atomic mass is 35.5. The van der Waals surface area contributed by atoms with E-state index in [1.165, 1.54) is 18.5 Å². The van der Waals surface area contributed by atoms with Gasteiger partial charge in [-0.2, -0.15) is 11.8 Å². The van der Waals surface area contributed by atoms with E-state index in [-0.39, 0.29) is 4.75 Å². The Bertz CT molecular complexity index is 605. The molecule has 144 valence electrons. The molecule has 0 unspecified atom stereocenters. The highest BCUT2D eigenvalue weighted by Crippen LogP contribution is 2.34. The smallest absolute Gasteiger partial charge is 0.191 e. The molecular weight excluding hydrogens is 366 g/mol. The third kappa shape index (κ3) is 4.78. The molecule has 0 radical (unpaired) electrons. The normalized spacial score (nSPS) is 21.9. The van der Waals surface area contributed by atoms with Crippen LogP contribution in [0.25, 0.3) is 0 Å². The van der Waals surface area contributed by atoms with Gasteiger partial charge in [0, 0.05) is 41.6 Å². The first-order valence-electron chi connectivity index (χ1n) is 9.30. The van der Waals surface area contributed by atoms with E-state index in [1.807, 2.05) is 23.9 Å². The average Bonchev–Trinajstić information content (AvgIpc) is 2.68. The van der Waals surface area contributed by atoms with E-state index in [0.717, 1.165) is 50.8 Å². The van der Waals surface area contributed by atoms with Gasteiger partial charge in [0.25, 0.3) is 0 Å². The van der Waals surface area contributed by atoms with Gasteiger partial charge in [-0.25, -0.2) is 0 Å². The maximum atomic E-state index is 6.33. The zero-order valence-corrected chi connectivity index (χ0v) is 17.4. The highest BCUT2D eigenvalue weighted by Gasteiger charge is 2.33. The van der Waals surface area contributed by atoms with Crippen LogP contribution in [-0.2, 0) is 0 Å². The minimum absolute atomic E-state index is 0.252. The third-order valence-electron chi connectivity index (χ3n) is 5.66. The summed E-state index contributed by atoms with van der Waals surface area (Å²) >= 11 is 7.94. The monoisotopic (exact) mass is 395 g/mol. The number of nitrogens with two attached hydrogens (primary N) is 1. The molecule has 0 aromatic heterocycles. The zero-order chi connectivity index (χ0) is 18.6. The van der Waals surface area contributed by atoms with Crippen LogP contribution in [0.5, 0.6) is 0 Å². The van der Waals surface area contributed by atoms with Crippen LogP contribution in [0.2, 0.25) is 5.02 Å². The standard InChI is InChI=1S/C19H30ClN5S/c1-23-9-7-19(26-2,8-10-23)15-22-18(21)25-13-11-24(12-14-25)17-5-3-16(20)4-6-17/h3-6H,7-15H2,1-2H3,(H2,21,22). The van der Waals surface area contributed by atoms with Crippen molar-refractivity contribution in [1.29, 1.82) is 0 Å². The molecule has 0 aliphatic carbocycles. The van der Waals surface area contributed by atoms with Crippen LogP contribution < -0.4 is 10.6 Å². The summed E-state index contributed by atoms with van der Waals surface area (Å²) in [7, 11) is 2.20. The molecular formula is C19H30ClN5S. The van der Waals surface area contributed by atoms with Crippen molar-refractivity contribution in [2.24, 2.45) is 10.7 Å². The number of nitrogens with zero attached hydrogens (tertiary/aromatic N) is 4. The number of aliphatic imine (C=N–C) groups is 1. The van der Waals surface area contributed by atoms with E-state index >= 15 is 0 Å². The molecule has 26 heavy (non-hydrogen) atoms. The Labute approximate surface area is 166 Å². The van der Waals surface area contributed by atoms with E-state index < -0.39 is 0 Å². The summed E-state index contributed by atoms with van der Waals surface area (Å²) in [6.45, 7) is 6.85. The molecule has 0 atom stereocenters. The van der Waals surface area contributed by atoms with Crippen molar-refractivity contribution in [2.45, 2.75) is 17.6 Å². The number of thioether (sulfide) groups is 1. The van der Waals surface area contributed by atoms with Gasteiger partial charge in [-0.15, -0.1) is 0 Å². The number of halogens is 1. The molecule has 2 heterocycles. The van der Waals surface area contributed by atoms with Crippen molar-refractivity contribution in [2.75, 3.05) is 64.0 Å². The number of benzene rings is 1. The van der Waals surface area contributed by atoms with E-state index in [1.54, 1.807) is 0 Å². The van der Waals surface area contributed by atoms with Crippen molar-refractivity contribution < 1.29 is 0 Å². The van der Waals surface area contributed by atoms with Crippen LogP contribution in [0.1, 0.15) is 12.8 Å². The van der Waals surface area contributed by atoms with Gasteiger partial charge in [0.15, 0.2) is 5.96 Å². The van der Waals surface area contributed by atoms with Crippen LogP contribution >= 0.6 is 23.4 Å². The molecule has 0 bridgehead atoms. The summed E-state index contributed by atoms with van der Waals surface area (Å²) in [5, 5.41) is 0.778. The Hall–Kier alpha value is -1.11. The Morgan fingerprint density at radius 1 is 1.12 bits per heavy atom. The van der Waals surface area contributed by atoms with E-state index in [2.05, 4.69) is 40.1 Å². The molecule has 1 aromatic rings. The van der Waals surface area contributed by atoms with E-state index in [9.17, 15) is 0 Å². The fourth-order valence-corrected chi connectivity index (χ4v) is 4.53. The van der Waals surface area contributed by atoms with Crippen molar-refractivity contribution in [3.05, 3.63) is 29.3 Å². The summed E-state index contributed by atoms with van der Waals surface area (Å²) in [4.78, 5) is 11.8. The molecule has 3 rings (SSSR count). The Balaban J connectivity index is 1.53. The maximum Gasteiger partial charge on any atom is 0.191 e. The Morgan fingerprint density at radius 2 is 1.73 bits per heavy atom. The number of anilines is 1. The largest absolute Gasteiger partial charge is 0.370 e. The predicted molar refractivity (Wildman–Crippen MR) is 115 cm³/mol. The van der Waals surface area contributed by atoms with Crippen molar-refractivity contribution >= 4 is 35.0 Å². The summed E-state index contributed by atoms with van der Waals surface area (Å²) in [5.41, 5.74) is 7.55. The first kappa shape index (κ1) is 19.6. The van der Waals surface area contributed by atoms with Gasteiger partial charge in [0.1, 0.15) is 0 Å². The molecule has 7 heteroatoms. The molecule has 2 aliphatic heterocycles. The second kappa shape index (κ2) is 8.72. The maximum absolute atomic E-state index is 6.33. The molecule has 0 spiro atoms. The SMILES string of the molecule is CSC1(CN=C(N)N2CCN(c3ccc(Cl)cc3)CC2)CCN(C)CC1. The lowest BCUT2D eigenvalue weighted by Gasteiger charge is -2.39. The van der Waals surface area contributed by atoms with Crippen LogP contribution in [0.15, 0.2) is 29.3 Å². The van der Waals surface area contributed by atoms with Crippen LogP contribution in [0, 0.1) is 0 Å². The van der Waals surface area contributed by atoms with Gasteiger partial charge in [-0.1, -0.05) is 11.6 Å². The van der Waals surface area contributed by atoms with E-state index in [4.69, 9.17) is 22.3 Å². The molecule has 0 saturated carbocycles. The Morgan fingerprint density at radius 3 is 2.31 bits per heavy atom. The van der Waals surface area contributed by atoms with Crippen molar-refractivity contribution in [1.82, 2.24) is 9.80 Å². The summed E-state index contributed by atoms with van der Waals surface area (Å²) in [6, 6.07) is 8.06. The Kier molecular flexibility index (Phi) is 6.59. The van der Waals surface area contributed by atoms with Gasteiger partial charge < -0.3 is 20.4 Å². The van der Waals surface area contributed by atoms with Crippen molar-refractivity contribution in [3.8, 4) is 0 Å². The number of hydrogen-bond donors (Lipinski definition) is 1. The molecule has 2 saturated heterocycles. The second-order valence-electron chi connectivity index (χ2n) is 7.32. The van der Waals surface area contributed by atoms with Gasteiger partial charge in [-0.05, 0) is 63.5 Å². The van der Waals surface area contributed by atoms with Gasteiger partial charge in [0.05, 0.1) is 6.54 Å². The van der Waals surface area contributed by atoms with E-state index in [0.29, 0.717) is 5.96 Å². The number of piperazine rings is 1. The minimum Gasteiger partial charge on any atom is -0.370 e. The molecule has 2 N–H and O–H groups in total. The quantitative estimate of drug-likeness (QED) is 0.627. The average molecular weight is 396 g/mol. The molecule has 2 aliphatic rings. The summed E-state index contributed by atoms with van der Waals surface area (Å²) in [6.07, 6.45) is 4.58. The fourth-order valence-electron chi connectivity index (χ4n) is 3.62. The fraction of sp³-hybridized carbons (Fsp3) is 0.632. The molecule has 2 fully saturated rings.